The number of aliphatic carboxylic acids is 1. The van der Waals surface area contributed by atoms with Gasteiger partial charge < -0.3 is 76.8 Å². The zero-order valence-corrected chi connectivity index (χ0v) is 16.5. The zero-order chi connectivity index (χ0) is 23.0. The third-order valence-corrected chi connectivity index (χ3v) is 1.36. The van der Waals surface area contributed by atoms with E-state index in [4.69, 9.17) is 71.5 Å². The van der Waals surface area contributed by atoms with E-state index < -0.39 is 32.4 Å². The number of nitrogens with one attached hydrogen (secondary N) is 1. The Morgan fingerprint density at radius 2 is 1.07 bits per heavy atom. The molecule has 0 heterocycles. The molecule has 0 bridgehead atoms. The van der Waals surface area contributed by atoms with Gasteiger partial charge in [0.25, 0.3) is 0 Å². The van der Waals surface area contributed by atoms with Gasteiger partial charge in [0.05, 0.1) is 20.3 Å². The minimum Gasteiger partial charge on any atom is -0.480 e. The second-order valence-electron chi connectivity index (χ2n) is 3.25. The number of nitrogens with zero attached hydrogens (tertiary/aromatic N) is 4. The Balaban J connectivity index is -0.0000000456. The molecule has 1 atom stereocenters. The minimum atomic E-state index is -1.75. The van der Waals surface area contributed by atoms with E-state index in [2.05, 4.69) is 5.32 Å². The van der Waals surface area contributed by atoms with Crippen LogP contribution in [-0.4, -0.2) is 55.7 Å². The van der Waals surface area contributed by atoms with Crippen molar-refractivity contribution in [2.75, 3.05) is 13.2 Å². The molecule has 0 saturated heterocycles. The fraction of sp³-hybridized carbons (Fsp3) is 0.857. The normalized spacial score (nSPS) is 8.21. The van der Waals surface area contributed by atoms with Crippen molar-refractivity contribution in [2.24, 2.45) is 0 Å². The van der Waals surface area contributed by atoms with Crippen LogP contribution in [0.4, 0.5) is 0 Å². The number of aliphatic hydroxyl groups excluding tert-OH is 1. The van der Waals surface area contributed by atoms with Gasteiger partial charge >= 0.3 is 40.1 Å². The summed E-state index contributed by atoms with van der Waals surface area (Å²) in [6.07, 6.45) is 1.17. The Labute approximate surface area is 181 Å². The van der Waals surface area contributed by atoms with Gasteiger partial charge in [0.15, 0.2) is 0 Å². The van der Waals surface area contributed by atoms with Crippen molar-refractivity contribution in [1.29, 1.82) is 0 Å². The van der Waals surface area contributed by atoms with Crippen molar-refractivity contribution in [3.05, 3.63) is 61.3 Å². The smallest absolute Gasteiger partial charge is 0.480 e. The van der Waals surface area contributed by atoms with E-state index >= 15 is 0 Å². The number of hydrogen-bond donors (Lipinski definition) is 3. The molecule has 2 radical (unpaired) electrons. The topological polar surface area (TPSA) is 334 Å². The molecule has 29 heavy (non-hydrogen) atoms. The SMILES string of the molecule is CCCNC(CCO)C(=O)O.O=[N+]([O-])[O-].O=[N+]([O-])[O-].O=[N+]([O-])[O-].O=[N+]([O-])[O-].[Mn+2].[Mn+2]. The molecule has 0 aliphatic carbocycles. The Hall–Kier alpha value is -2.77. The molecule has 3 N–H and O–H groups in total. The summed E-state index contributed by atoms with van der Waals surface area (Å²) in [6, 6.07) is -0.597. The van der Waals surface area contributed by atoms with Gasteiger partial charge in [-0.2, -0.15) is 0 Å². The van der Waals surface area contributed by atoms with Gasteiger partial charge in [-0.1, -0.05) is 6.92 Å². The number of carboxylic acid groups (broad SMARTS) is 1. The number of rotatable bonds is 6. The molecule has 0 aliphatic heterocycles. The van der Waals surface area contributed by atoms with E-state index in [0.717, 1.165) is 6.42 Å². The Morgan fingerprint density at radius 1 is 0.828 bits per heavy atom. The largest absolute Gasteiger partial charge is 2.00 e. The Bertz CT molecular complexity index is 364. The van der Waals surface area contributed by atoms with Crippen LogP contribution in [0.25, 0.3) is 0 Å². The van der Waals surface area contributed by atoms with Crippen molar-refractivity contribution in [1.82, 2.24) is 5.32 Å². The summed E-state index contributed by atoms with van der Waals surface area (Å²) in [4.78, 5) is 43.4. The number of hydrogen-bond acceptors (Lipinski definition) is 15. The maximum Gasteiger partial charge on any atom is 2.00 e. The molecule has 0 saturated carbocycles. The van der Waals surface area contributed by atoms with Crippen molar-refractivity contribution in [3.63, 3.8) is 0 Å². The summed E-state index contributed by atoms with van der Waals surface area (Å²) in [7, 11) is 0. The van der Waals surface area contributed by atoms with Crippen molar-refractivity contribution in [3.8, 4) is 0 Å². The second-order valence-corrected chi connectivity index (χ2v) is 3.25. The van der Waals surface area contributed by atoms with Gasteiger partial charge in [-0.05, 0) is 19.4 Å². The summed E-state index contributed by atoms with van der Waals surface area (Å²) in [5.41, 5.74) is 0. The third-order valence-electron chi connectivity index (χ3n) is 1.36. The number of carbonyl (C=O) groups is 1. The van der Waals surface area contributed by atoms with Gasteiger partial charge in [0.2, 0.25) is 0 Å². The van der Waals surface area contributed by atoms with Crippen LogP contribution in [0.1, 0.15) is 19.8 Å². The first kappa shape index (κ1) is 45.2. The van der Waals surface area contributed by atoms with Crippen molar-refractivity contribution >= 4 is 5.97 Å². The van der Waals surface area contributed by atoms with Crippen LogP contribution < -0.4 is 5.32 Å². The van der Waals surface area contributed by atoms with Crippen molar-refractivity contribution < 1.29 is 69.5 Å². The van der Waals surface area contributed by atoms with E-state index in [0.29, 0.717) is 6.54 Å². The summed E-state index contributed by atoms with van der Waals surface area (Å²) in [5, 5.41) is 78.8. The number of carboxylic acids is 1. The number of aliphatic hydroxyl groups is 1. The Kier molecular flexibility index (Phi) is 56.3. The molecular weight excluding hydrogens is 504 g/mol. The molecule has 0 spiro atoms. The molecule has 0 rings (SSSR count). The van der Waals surface area contributed by atoms with Crippen LogP contribution in [0.5, 0.6) is 0 Å². The van der Waals surface area contributed by atoms with E-state index in [1.54, 1.807) is 0 Å². The molecule has 0 fully saturated rings. The van der Waals surface area contributed by atoms with E-state index in [-0.39, 0.29) is 47.2 Å². The first-order valence-corrected chi connectivity index (χ1v) is 5.98. The van der Waals surface area contributed by atoms with Crippen LogP contribution >= 0.6 is 0 Å². The van der Waals surface area contributed by atoms with Crippen LogP contribution in [0.3, 0.4) is 0 Å². The quantitative estimate of drug-likeness (QED) is 0.212. The fourth-order valence-corrected chi connectivity index (χ4v) is 0.761. The van der Waals surface area contributed by atoms with Crippen LogP contribution in [-0.2, 0) is 38.9 Å². The van der Waals surface area contributed by atoms with Crippen LogP contribution in [0.15, 0.2) is 0 Å². The average molecular weight is 519 g/mol. The molecule has 0 aliphatic rings. The molecule has 0 aromatic heterocycles. The van der Waals surface area contributed by atoms with E-state index in [9.17, 15) is 4.79 Å². The molecule has 22 heteroatoms. The van der Waals surface area contributed by atoms with Crippen LogP contribution in [0, 0.1) is 61.3 Å². The van der Waals surface area contributed by atoms with E-state index in [1.165, 1.54) is 0 Å². The summed E-state index contributed by atoms with van der Waals surface area (Å²) in [5.74, 6) is -0.896. The monoisotopic (exact) mass is 519 g/mol. The molecular formula is C7H15Mn2N5O15. The van der Waals surface area contributed by atoms with Gasteiger partial charge in [-0.15, -0.1) is 0 Å². The van der Waals surface area contributed by atoms with Gasteiger partial charge in [-0.3, -0.25) is 4.79 Å². The summed E-state index contributed by atoms with van der Waals surface area (Å²) >= 11 is 0. The first-order valence-electron chi connectivity index (χ1n) is 5.98. The van der Waals surface area contributed by atoms with Crippen molar-refractivity contribution in [2.45, 2.75) is 25.8 Å². The minimum absolute atomic E-state index is 0. The molecule has 172 valence electrons. The molecule has 0 aromatic rings. The summed E-state index contributed by atoms with van der Waals surface area (Å²) in [6.45, 7) is 2.55. The maximum atomic E-state index is 10.4. The van der Waals surface area contributed by atoms with E-state index in [1.807, 2.05) is 6.92 Å². The Morgan fingerprint density at radius 3 is 1.21 bits per heavy atom. The molecule has 20 nitrogen and oxygen atoms in total. The predicted molar refractivity (Wildman–Crippen MR) is 82.9 cm³/mol. The van der Waals surface area contributed by atoms with Gasteiger partial charge in [0, 0.05) is 6.61 Å². The average Bonchev–Trinajstić information content (AvgIpc) is 2.40. The molecule has 0 aromatic carbocycles. The summed E-state index contributed by atoms with van der Waals surface area (Å²) < 4.78 is 0. The molecule has 0 amide bonds. The van der Waals surface area contributed by atoms with Crippen LogP contribution in [0.2, 0.25) is 0 Å². The first-order chi connectivity index (χ1) is 12.1. The zero-order valence-electron chi connectivity index (χ0n) is 14.2. The van der Waals surface area contributed by atoms with Gasteiger partial charge in [-0.25, -0.2) is 0 Å². The third kappa shape index (κ3) is 201. The van der Waals surface area contributed by atoms with Gasteiger partial charge in [0.1, 0.15) is 6.04 Å². The molecule has 1 unspecified atom stereocenters. The maximum absolute atomic E-state index is 10.4. The second kappa shape index (κ2) is 36.2. The fourth-order valence-electron chi connectivity index (χ4n) is 0.761. The predicted octanol–water partition coefficient (Wildman–Crippen LogP) is -1.14. The standard InChI is InChI=1S/C7H15NO3.2Mn.4NO3/c1-2-4-8-6(3-5-9)7(10)11;;;4*2-1(3)4/h6,8-9H,2-5H2,1H3,(H,10,11);;;;;;/q;2*+2;4*-1.